The number of imide groups is 1. The molecule has 1 saturated heterocycles. The molecule has 0 aliphatic carbocycles. The molecule has 0 bridgehead atoms. The van der Waals surface area contributed by atoms with Crippen molar-refractivity contribution in [3.05, 3.63) is 29.1 Å². The van der Waals surface area contributed by atoms with Crippen molar-refractivity contribution in [3.8, 4) is 0 Å². The molecular formula is C15H17N3O3. The van der Waals surface area contributed by atoms with E-state index in [1.54, 1.807) is 6.20 Å². The van der Waals surface area contributed by atoms with Gasteiger partial charge in [-0.05, 0) is 24.0 Å². The third-order valence-electron chi connectivity index (χ3n) is 4.04. The molecule has 3 rings (SSSR count). The van der Waals surface area contributed by atoms with E-state index in [1.165, 1.54) is 4.90 Å². The minimum Gasteiger partial charge on any atom is -0.321 e. The molecule has 6 heteroatoms. The number of hydrogen-bond donors (Lipinski definition) is 1. The molecule has 1 aromatic heterocycles. The van der Waals surface area contributed by atoms with E-state index in [1.807, 2.05) is 6.07 Å². The first kappa shape index (κ1) is 13.7. The van der Waals surface area contributed by atoms with Gasteiger partial charge in [-0.15, -0.1) is 0 Å². The van der Waals surface area contributed by atoms with Gasteiger partial charge in [-0.3, -0.25) is 24.7 Å². The van der Waals surface area contributed by atoms with Crippen molar-refractivity contribution in [1.82, 2.24) is 15.2 Å². The average Bonchev–Trinajstić information content (AvgIpc) is 2.75. The van der Waals surface area contributed by atoms with Gasteiger partial charge in [0.05, 0.1) is 0 Å². The largest absolute Gasteiger partial charge is 0.321 e. The third kappa shape index (κ3) is 2.30. The van der Waals surface area contributed by atoms with Crippen LogP contribution in [0.5, 0.6) is 0 Å². The Labute approximate surface area is 122 Å². The lowest BCUT2D eigenvalue weighted by molar-refractivity contribution is -0.136. The van der Waals surface area contributed by atoms with Crippen LogP contribution in [0.15, 0.2) is 12.3 Å². The Morgan fingerprint density at radius 1 is 1.33 bits per heavy atom. The van der Waals surface area contributed by atoms with Crippen molar-refractivity contribution < 1.29 is 14.4 Å². The zero-order chi connectivity index (χ0) is 15.1. The molecule has 1 fully saturated rings. The van der Waals surface area contributed by atoms with E-state index >= 15 is 0 Å². The Kier molecular flexibility index (Phi) is 3.23. The SMILES string of the molecule is CC(C)c1cnc2c(c1)CN(C1CCC(=O)NC1=O)C2=O. The third-order valence-corrected chi connectivity index (χ3v) is 4.04. The van der Waals surface area contributed by atoms with Crippen LogP contribution in [0.1, 0.15) is 54.2 Å². The summed E-state index contributed by atoms with van der Waals surface area (Å²) in [5.41, 5.74) is 2.35. The monoisotopic (exact) mass is 287 g/mol. The van der Waals surface area contributed by atoms with Crippen LogP contribution in [-0.2, 0) is 16.1 Å². The van der Waals surface area contributed by atoms with Gasteiger partial charge in [0.25, 0.3) is 5.91 Å². The first-order valence-corrected chi connectivity index (χ1v) is 7.11. The Bertz CT molecular complexity index is 639. The second-order valence-corrected chi connectivity index (χ2v) is 5.83. The molecule has 0 saturated carbocycles. The molecule has 1 atom stereocenters. The fourth-order valence-corrected chi connectivity index (χ4v) is 2.78. The Hall–Kier alpha value is -2.24. The summed E-state index contributed by atoms with van der Waals surface area (Å²) in [5.74, 6) is -0.561. The molecule has 3 amide bonds. The smallest absolute Gasteiger partial charge is 0.273 e. The summed E-state index contributed by atoms with van der Waals surface area (Å²) in [6.07, 6.45) is 2.36. The predicted molar refractivity (Wildman–Crippen MR) is 74.4 cm³/mol. The minimum absolute atomic E-state index is 0.227. The molecule has 2 aliphatic rings. The molecular weight excluding hydrogens is 270 g/mol. The second-order valence-electron chi connectivity index (χ2n) is 5.83. The highest BCUT2D eigenvalue weighted by Crippen LogP contribution is 2.28. The van der Waals surface area contributed by atoms with Gasteiger partial charge in [0.1, 0.15) is 11.7 Å². The lowest BCUT2D eigenvalue weighted by atomic mass is 10.0. The van der Waals surface area contributed by atoms with Crippen molar-refractivity contribution in [3.63, 3.8) is 0 Å². The first-order valence-electron chi connectivity index (χ1n) is 7.11. The minimum atomic E-state index is -0.577. The lowest BCUT2D eigenvalue weighted by Gasteiger charge is -2.29. The fraction of sp³-hybridized carbons (Fsp3) is 0.467. The Morgan fingerprint density at radius 2 is 2.10 bits per heavy atom. The van der Waals surface area contributed by atoms with Crippen molar-refractivity contribution in [2.24, 2.45) is 0 Å². The topological polar surface area (TPSA) is 79.4 Å². The quantitative estimate of drug-likeness (QED) is 0.822. The van der Waals surface area contributed by atoms with Gasteiger partial charge in [0, 0.05) is 24.7 Å². The zero-order valence-corrected chi connectivity index (χ0v) is 12.0. The summed E-state index contributed by atoms with van der Waals surface area (Å²) in [6.45, 7) is 4.52. The zero-order valence-electron chi connectivity index (χ0n) is 12.0. The van der Waals surface area contributed by atoms with Crippen LogP contribution in [-0.4, -0.2) is 33.6 Å². The molecule has 110 valence electrons. The molecule has 1 aromatic rings. The maximum atomic E-state index is 12.4. The molecule has 0 radical (unpaired) electrons. The van der Waals surface area contributed by atoms with Gasteiger partial charge in [-0.25, -0.2) is 0 Å². The van der Waals surface area contributed by atoms with E-state index in [2.05, 4.69) is 24.1 Å². The van der Waals surface area contributed by atoms with Gasteiger partial charge in [0.2, 0.25) is 11.8 Å². The van der Waals surface area contributed by atoms with Crippen molar-refractivity contribution in [2.45, 2.75) is 45.2 Å². The molecule has 6 nitrogen and oxygen atoms in total. The molecule has 3 heterocycles. The number of rotatable bonds is 2. The first-order chi connectivity index (χ1) is 9.97. The number of carbonyl (C=O) groups is 3. The van der Waals surface area contributed by atoms with Crippen LogP contribution in [0.2, 0.25) is 0 Å². The number of amides is 3. The molecule has 1 N–H and O–H groups in total. The van der Waals surface area contributed by atoms with Gasteiger partial charge >= 0.3 is 0 Å². The Balaban J connectivity index is 1.86. The number of hydrogen-bond acceptors (Lipinski definition) is 4. The van der Waals surface area contributed by atoms with E-state index in [-0.39, 0.29) is 18.2 Å². The molecule has 2 aliphatic heterocycles. The maximum Gasteiger partial charge on any atom is 0.273 e. The molecule has 1 unspecified atom stereocenters. The summed E-state index contributed by atoms with van der Waals surface area (Å²) in [5, 5.41) is 2.29. The number of nitrogens with zero attached hydrogens (tertiary/aromatic N) is 2. The average molecular weight is 287 g/mol. The number of nitrogens with one attached hydrogen (secondary N) is 1. The van der Waals surface area contributed by atoms with Gasteiger partial charge < -0.3 is 4.90 Å². The fourth-order valence-electron chi connectivity index (χ4n) is 2.78. The van der Waals surface area contributed by atoms with Crippen molar-refractivity contribution in [1.29, 1.82) is 0 Å². The summed E-state index contributed by atoms with van der Waals surface area (Å²) in [7, 11) is 0. The van der Waals surface area contributed by atoms with E-state index in [0.717, 1.165) is 11.1 Å². The summed E-state index contributed by atoms with van der Waals surface area (Å²) >= 11 is 0. The summed E-state index contributed by atoms with van der Waals surface area (Å²) < 4.78 is 0. The Morgan fingerprint density at radius 3 is 2.76 bits per heavy atom. The standard InChI is InChI=1S/C15H17N3O3/c1-8(2)9-5-10-7-18(15(21)13(10)16-6-9)11-3-4-12(19)17-14(11)20/h5-6,8,11H,3-4,7H2,1-2H3,(H,17,19,20). The highest BCUT2D eigenvalue weighted by molar-refractivity contribution is 6.04. The summed E-state index contributed by atoms with van der Waals surface area (Å²) in [4.78, 5) is 41.3. The number of carbonyl (C=O) groups excluding carboxylic acids is 3. The van der Waals surface area contributed by atoms with Crippen LogP contribution in [0, 0.1) is 0 Å². The highest BCUT2D eigenvalue weighted by Gasteiger charge is 2.39. The van der Waals surface area contributed by atoms with Crippen LogP contribution >= 0.6 is 0 Å². The molecule has 0 spiro atoms. The van der Waals surface area contributed by atoms with E-state index in [9.17, 15) is 14.4 Å². The molecule has 21 heavy (non-hydrogen) atoms. The number of piperidine rings is 1. The maximum absolute atomic E-state index is 12.4. The van der Waals surface area contributed by atoms with E-state index in [0.29, 0.717) is 24.6 Å². The van der Waals surface area contributed by atoms with Gasteiger partial charge in [-0.1, -0.05) is 13.8 Å². The van der Waals surface area contributed by atoms with Crippen LogP contribution < -0.4 is 5.32 Å². The van der Waals surface area contributed by atoms with Crippen LogP contribution in [0.3, 0.4) is 0 Å². The molecule has 0 aromatic carbocycles. The van der Waals surface area contributed by atoms with Crippen molar-refractivity contribution >= 4 is 17.7 Å². The number of pyridine rings is 1. The van der Waals surface area contributed by atoms with Crippen LogP contribution in [0.25, 0.3) is 0 Å². The normalized spacial score (nSPS) is 21.8. The van der Waals surface area contributed by atoms with Crippen molar-refractivity contribution in [2.75, 3.05) is 0 Å². The van der Waals surface area contributed by atoms with Gasteiger partial charge in [-0.2, -0.15) is 0 Å². The van der Waals surface area contributed by atoms with Crippen LogP contribution in [0.4, 0.5) is 0 Å². The predicted octanol–water partition coefficient (Wildman–Crippen LogP) is 0.966. The summed E-state index contributed by atoms with van der Waals surface area (Å²) in [6, 6.07) is 1.41. The number of aromatic nitrogens is 1. The highest BCUT2D eigenvalue weighted by atomic mass is 16.2. The number of fused-ring (bicyclic) bond motifs is 1. The lowest BCUT2D eigenvalue weighted by Crippen LogP contribution is -2.52. The van der Waals surface area contributed by atoms with E-state index < -0.39 is 11.9 Å². The van der Waals surface area contributed by atoms with Gasteiger partial charge in [0.15, 0.2) is 0 Å². The van der Waals surface area contributed by atoms with E-state index in [4.69, 9.17) is 0 Å². The second kappa shape index (κ2) is 4.95.